The molecular formula is C13H23NO3. The molecule has 0 aromatic heterocycles. The maximum Gasteiger partial charge on any atom is 0.409 e. The third-order valence-corrected chi connectivity index (χ3v) is 4.32. The number of nitrogens with zero attached hydrogens (tertiary/aromatic N) is 1. The number of rotatable bonds is 4. The van der Waals surface area contributed by atoms with E-state index in [0.29, 0.717) is 24.5 Å². The molecule has 17 heavy (non-hydrogen) atoms. The number of carbonyl (C=O) groups is 1. The molecule has 2 fully saturated rings. The van der Waals surface area contributed by atoms with Gasteiger partial charge in [-0.25, -0.2) is 4.79 Å². The summed E-state index contributed by atoms with van der Waals surface area (Å²) in [5.74, 6) is 0.487. The lowest BCUT2D eigenvalue weighted by Gasteiger charge is -2.32. The van der Waals surface area contributed by atoms with Crippen LogP contribution in [0.25, 0.3) is 0 Å². The predicted molar refractivity (Wildman–Crippen MR) is 64.7 cm³/mol. The van der Waals surface area contributed by atoms with Gasteiger partial charge in [0.25, 0.3) is 0 Å². The molecule has 1 heterocycles. The van der Waals surface area contributed by atoms with Gasteiger partial charge in [0.15, 0.2) is 0 Å². The van der Waals surface area contributed by atoms with Crippen molar-refractivity contribution < 1.29 is 14.6 Å². The van der Waals surface area contributed by atoms with E-state index in [0.717, 1.165) is 45.2 Å². The lowest BCUT2D eigenvalue weighted by Crippen LogP contribution is -2.40. The summed E-state index contributed by atoms with van der Waals surface area (Å²) in [6.07, 6.45) is 5.03. The van der Waals surface area contributed by atoms with Crippen LogP contribution in [0.3, 0.4) is 0 Å². The molecule has 0 radical (unpaired) electrons. The highest BCUT2D eigenvalue weighted by Crippen LogP contribution is 2.58. The van der Waals surface area contributed by atoms with Crippen LogP contribution >= 0.6 is 0 Å². The van der Waals surface area contributed by atoms with Gasteiger partial charge in [-0.15, -0.1) is 0 Å². The van der Waals surface area contributed by atoms with Crippen LogP contribution in [0.5, 0.6) is 0 Å². The van der Waals surface area contributed by atoms with Gasteiger partial charge >= 0.3 is 6.09 Å². The fourth-order valence-corrected chi connectivity index (χ4v) is 2.83. The number of amides is 1. The Bertz CT molecular complexity index is 272. The van der Waals surface area contributed by atoms with Gasteiger partial charge in [0.2, 0.25) is 0 Å². The molecule has 1 atom stereocenters. The van der Waals surface area contributed by atoms with E-state index < -0.39 is 0 Å². The minimum atomic E-state index is -0.158. The van der Waals surface area contributed by atoms with E-state index in [4.69, 9.17) is 9.84 Å². The van der Waals surface area contributed by atoms with Crippen LogP contribution in [-0.4, -0.2) is 42.4 Å². The number of hydrogen-bond acceptors (Lipinski definition) is 3. The summed E-state index contributed by atoms with van der Waals surface area (Å²) in [4.78, 5) is 13.5. The Hall–Kier alpha value is -0.770. The average molecular weight is 241 g/mol. The van der Waals surface area contributed by atoms with Gasteiger partial charge in [0, 0.05) is 19.7 Å². The van der Waals surface area contributed by atoms with Crippen LogP contribution in [0, 0.1) is 11.3 Å². The van der Waals surface area contributed by atoms with Crippen LogP contribution in [0.4, 0.5) is 4.79 Å². The largest absolute Gasteiger partial charge is 0.449 e. The Balaban J connectivity index is 1.70. The van der Waals surface area contributed by atoms with Crippen LogP contribution in [0.2, 0.25) is 0 Å². The standard InChI is InChI=1S/C13H23NO3/c1-2-3-8-17-12(16)14-6-4-13(5-7-14)9-11(13)10-15/h11,15H,2-10H2,1H3. The summed E-state index contributed by atoms with van der Waals surface area (Å²) in [6.45, 7) is 4.51. The lowest BCUT2D eigenvalue weighted by atomic mass is 9.91. The Morgan fingerprint density at radius 1 is 1.47 bits per heavy atom. The minimum Gasteiger partial charge on any atom is -0.449 e. The van der Waals surface area contributed by atoms with Gasteiger partial charge in [-0.3, -0.25) is 0 Å². The van der Waals surface area contributed by atoms with Crippen molar-refractivity contribution in [3.8, 4) is 0 Å². The molecule has 0 aromatic rings. The maximum atomic E-state index is 11.7. The third kappa shape index (κ3) is 2.73. The lowest BCUT2D eigenvalue weighted by molar-refractivity contribution is 0.0802. The highest BCUT2D eigenvalue weighted by atomic mass is 16.6. The van der Waals surface area contributed by atoms with E-state index >= 15 is 0 Å². The van der Waals surface area contributed by atoms with E-state index in [9.17, 15) is 4.79 Å². The first kappa shape index (κ1) is 12.7. The smallest absolute Gasteiger partial charge is 0.409 e. The molecule has 1 unspecified atom stereocenters. The highest BCUT2D eigenvalue weighted by molar-refractivity contribution is 5.67. The number of ether oxygens (including phenoxy) is 1. The van der Waals surface area contributed by atoms with Gasteiger partial charge in [0.1, 0.15) is 0 Å². The monoisotopic (exact) mass is 241 g/mol. The number of piperidine rings is 1. The molecule has 1 aliphatic heterocycles. The number of aliphatic hydroxyl groups is 1. The number of hydrogen-bond donors (Lipinski definition) is 1. The quantitative estimate of drug-likeness (QED) is 0.766. The molecule has 1 saturated carbocycles. The number of unbranched alkanes of at least 4 members (excludes halogenated alkanes) is 1. The molecule has 2 aliphatic rings. The molecule has 0 bridgehead atoms. The molecule has 1 N–H and O–H groups in total. The summed E-state index contributed by atoms with van der Waals surface area (Å²) < 4.78 is 5.20. The highest BCUT2D eigenvalue weighted by Gasteiger charge is 2.54. The van der Waals surface area contributed by atoms with Crippen LogP contribution in [-0.2, 0) is 4.74 Å². The van der Waals surface area contributed by atoms with Gasteiger partial charge in [-0.1, -0.05) is 13.3 Å². The van der Waals surface area contributed by atoms with E-state index in [2.05, 4.69) is 6.92 Å². The second-order valence-corrected chi connectivity index (χ2v) is 5.40. The van der Waals surface area contributed by atoms with E-state index in [1.807, 2.05) is 4.90 Å². The van der Waals surface area contributed by atoms with E-state index in [-0.39, 0.29) is 6.09 Å². The van der Waals surface area contributed by atoms with Gasteiger partial charge in [-0.05, 0) is 37.0 Å². The Morgan fingerprint density at radius 2 is 2.18 bits per heavy atom. The predicted octanol–water partition coefficient (Wildman–Crippen LogP) is 2.02. The molecule has 1 saturated heterocycles. The van der Waals surface area contributed by atoms with Crippen molar-refractivity contribution in [1.82, 2.24) is 4.90 Å². The molecule has 1 aliphatic carbocycles. The average Bonchev–Trinajstić information content (AvgIpc) is 3.03. The van der Waals surface area contributed by atoms with Gasteiger partial charge in [-0.2, -0.15) is 0 Å². The first-order valence-electron chi connectivity index (χ1n) is 6.74. The van der Waals surface area contributed by atoms with E-state index in [1.54, 1.807) is 0 Å². The molecule has 4 heteroatoms. The van der Waals surface area contributed by atoms with Gasteiger partial charge in [0.05, 0.1) is 6.61 Å². The summed E-state index contributed by atoms with van der Waals surface area (Å²) in [7, 11) is 0. The molecule has 98 valence electrons. The summed E-state index contributed by atoms with van der Waals surface area (Å²) in [5.41, 5.74) is 0.356. The zero-order chi connectivity index (χ0) is 12.3. The van der Waals surface area contributed by atoms with Crippen LogP contribution in [0.15, 0.2) is 0 Å². The topological polar surface area (TPSA) is 49.8 Å². The second kappa shape index (κ2) is 5.25. The fourth-order valence-electron chi connectivity index (χ4n) is 2.83. The Kier molecular flexibility index (Phi) is 3.92. The van der Waals surface area contributed by atoms with Crippen LogP contribution in [0.1, 0.15) is 39.0 Å². The van der Waals surface area contributed by atoms with Gasteiger partial charge < -0.3 is 14.7 Å². The minimum absolute atomic E-state index is 0.158. The molecule has 4 nitrogen and oxygen atoms in total. The maximum absolute atomic E-state index is 11.7. The van der Waals surface area contributed by atoms with Crippen molar-refractivity contribution in [2.45, 2.75) is 39.0 Å². The SMILES string of the molecule is CCCCOC(=O)N1CCC2(CC1)CC2CO. The number of aliphatic hydroxyl groups excluding tert-OH is 1. The number of carbonyl (C=O) groups excluding carboxylic acids is 1. The molecular weight excluding hydrogens is 218 g/mol. The summed E-state index contributed by atoms with van der Waals surface area (Å²) >= 11 is 0. The summed E-state index contributed by atoms with van der Waals surface area (Å²) in [6, 6.07) is 0. The zero-order valence-corrected chi connectivity index (χ0v) is 10.7. The van der Waals surface area contributed by atoms with Crippen molar-refractivity contribution in [2.24, 2.45) is 11.3 Å². The Morgan fingerprint density at radius 3 is 2.71 bits per heavy atom. The number of likely N-dealkylation sites (tertiary alicyclic amines) is 1. The first-order valence-corrected chi connectivity index (χ1v) is 6.74. The van der Waals surface area contributed by atoms with Crippen molar-refractivity contribution in [3.05, 3.63) is 0 Å². The summed E-state index contributed by atoms with van der Waals surface area (Å²) in [5, 5.41) is 9.14. The second-order valence-electron chi connectivity index (χ2n) is 5.40. The van der Waals surface area contributed by atoms with Crippen molar-refractivity contribution in [3.63, 3.8) is 0 Å². The zero-order valence-electron chi connectivity index (χ0n) is 10.7. The Labute approximate surface area is 103 Å². The third-order valence-electron chi connectivity index (χ3n) is 4.32. The molecule has 0 aromatic carbocycles. The van der Waals surface area contributed by atoms with Crippen molar-refractivity contribution >= 4 is 6.09 Å². The van der Waals surface area contributed by atoms with Crippen LogP contribution < -0.4 is 0 Å². The first-order chi connectivity index (χ1) is 8.22. The fraction of sp³-hybridized carbons (Fsp3) is 0.923. The van der Waals surface area contributed by atoms with E-state index in [1.165, 1.54) is 0 Å². The normalized spacial score (nSPS) is 26.0. The van der Waals surface area contributed by atoms with Crippen molar-refractivity contribution in [2.75, 3.05) is 26.3 Å². The van der Waals surface area contributed by atoms with Crippen molar-refractivity contribution in [1.29, 1.82) is 0 Å². The molecule has 1 spiro atoms. The molecule has 2 rings (SSSR count). The molecule has 1 amide bonds.